The van der Waals surface area contributed by atoms with Crippen molar-refractivity contribution in [3.05, 3.63) is 77.2 Å². The first kappa shape index (κ1) is 17.5. The van der Waals surface area contributed by atoms with Crippen molar-refractivity contribution in [2.75, 3.05) is 13.1 Å². The lowest BCUT2D eigenvalue weighted by Crippen LogP contribution is -2.34. The quantitative estimate of drug-likeness (QED) is 0.613. The molecule has 0 amide bonds. The van der Waals surface area contributed by atoms with Crippen molar-refractivity contribution in [2.45, 2.75) is 24.2 Å². The molecule has 2 aromatic carbocycles. The molecule has 5 heteroatoms. The first-order valence-electron chi connectivity index (χ1n) is 8.70. The molecule has 0 N–H and O–H groups in total. The van der Waals surface area contributed by atoms with E-state index >= 15 is 0 Å². The Kier molecular flexibility index (Phi) is 4.47. The van der Waals surface area contributed by atoms with Crippen molar-refractivity contribution < 1.29 is 8.42 Å². The van der Waals surface area contributed by atoms with Crippen LogP contribution in [0.1, 0.15) is 21.9 Å². The lowest BCUT2D eigenvalue weighted by atomic mass is 10.0. The van der Waals surface area contributed by atoms with Crippen LogP contribution >= 0.6 is 11.3 Å². The summed E-state index contributed by atoms with van der Waals surface area (Å²) in [6, 6.07) is 15.5. The molecule has 1 aliphatic rings. The van der Waals surface area contributed by atoms with Gasteiger partial charge in [0.25, 0.3) is 0 Å². The van der Waals surface area contributed by atoms with E-state index in [1.165, 1.54) is 20.5 Å². The van der Waals surface area contributed by atoms with Gasteiger partial charge in [0.05, 0.1) is 4.90 Å². The topological polar surface area (TPSA) is 37.4 Å². The van der Waals surface area contributed by atoms with E-state index in [1.54, 1.807) is 27.8 Å². The monoisotopic (exact) mass is 383 g/mol. The summed E-state index contributed by atoms with van der Waals surface area (Å²) in [7, 11) is -3.50. The van der Waals surface area contributed by atoms with Crippen LogP contribution in [0.4, 0.5) is 0 Å². The largest absolute Gasteiger partial charge is 0.243 e. The van der Waals surface area contributed by atoms with Gasteiger partial charge in [-0.2, -0.15) is 4.31 Å². The van der Waals surface area contributed by atoms with Gasteiger partial charge in [0.1, 0.15) is 0 Å². The zero-order valence-electron chi connectivity index (χ0n) is 14.7. The molecule has 1 aromatic heterocycles. The number of benzene rings is 2. The van der Waals surface area contributed by atoms with Gasteiger partial charge in [-0.05, 0) is 42.5 Å². The minimum absolute atomic E-state index is 0.0186. The van der Waals surface area contributed by atoms with Crippen LogP contribution in [0.5, 0.6) is 0 Å². The normalized spacial score (nSPS) is 18.4. The number of hydrogen-bond donors (Lipinski definition) is 0. The average molecular weight is 384 g/mol. The van der Waals surface area contributed by atoms with Crippen LogP contribution in [0.25, 0.3) is 10.1 Å². The summed E-state index contributed by atoms with van der Waals surface area (Å²) in [6.07, 6.45) is 2.62. The molecular weight excluding hydrogens is 362 g/mol. The van der Waals surface area contributed by atoms with Crippen molar-refractivity contribution in [2.24, 2.45) is 0 Å². The Balaban J connectivity index is 1.73. The van der Waals surface area contributed by atoms with E-state index in [1.807, 2.05) is 31.2 Å². The van der Waals surface area contributed by atoms with Gasteiger partial charge < -0.3 is 0 Å². The molecule has 2 heterocycles. The van der Waals surface area contributed by atoms with Crippen molar-refractivity contribution >= 4 is 31.4 Å². The Morgan fingerprint density at radius 1 is 1.15 bits per heavy atom. The Labute approximate surface area is 158 Å². The zero-order chi connectivity index (χ0) is 18.3. The molecule has 0 spiro atoms. The highest BCUT2D eigenvalue weighted by Crippen LogP contribution is 2.39. The lowest BCUT2D eigenvalue weighted by Gasteiger charge is -2.22. The highest BCUT2D eigenvalue weighted by molar-refractivity contribution is 7.89. The van der Waals surface area contributed by atoms with Gasteiger partial charge >= 0.3 is 0 Å². The highest BCUT2D eigenvalue weighted by Gasteiger charge is 2.31. The highest BCUT2D eigenvalue weighted by atomic mass is 32.2. The smallest absolute Gasteiger partial charge is 0.207 e. The maximum Gasteiger partial charge on any atom is 0.243 e. The number of thiophene rings is 1. The molecule has 26 heavy (non-hydrogen) atoms. The summed E-state index contributed by atoms with van der Waals surface area (Å²) < 4.78 is 29.2. The van der Waals surface area contributed by atoms with Crippen LogP contribution in [0.2, 0.25) is 0 Å². The molecule has 1 aliphatic heterocycles. The molecule has 3 aromatic rings. The third-order valence-electron chi connectivity index (χ3n) is 5.02. The minimum Gasteiger partial charge on any atom is -0.207 e. The molecule has 0 aliphatic carbocycles. The van der Waals surface area contributed by atoms with Gasteiger partial charge in [-0.15, -0.1) is 17.9 Å². The molecule has 0 unspecified atom stereocenters. The van der Waals surface area contributed by atoms with Gasteiger partial charge in [-0.1, -0.05) is 42.0 Å². The standard InChI is InChI=1S/C21H21NO2S2/c1-3-16-14-22(26(23,24)17-10-8-15(2)9-11-17)13-12-19-18-6-4-5-7-20(18)25-21(16)19/h3-11,16H,1,12-14H2,2H3/t16-/m0/s1. The van der Waals surface area contributed by atoms with E-state index in [-0.39, 0.29) is 5.92 Å². The van der Waals surface area contributed by atoms with Crippen LogP contribution in [-0.4, -0.2) is 25.8 Å². The Morgan fingerprint density at radius 2 is 1.88 bits per heavy atom. The SMILES string of the molecule is C=C[C@H]1CN(S(=O)(=O)c2ccc(C)cc2)CCc2c1sc1ccccc21. The molecule has 0 fully saturated rings. The van der Waals surface area contributed by atoms with Crippen LogP contribution < -0.4 is 0 Å². The number of rotatable bonds is 3. The molecule has 0 bridgehead atoms. The molecule has 0 saturated heterocycles. The van der Waals surface area contributed by atoms with Gasteiger partial charge in [0.15, 0.2) is 0 Å². The minimum atomic E-state index is -3.50. The number of hydrogen-bond acceptors (Lipinski definition) is 3. The number of aryl methyl sites for hydroxylation is 1. The molecule has 0 radical (unpaired) electrons. The molecule has 134 valence electrons. The van der Waals surface area contributed by atoms with Gasteiger partial charge in [0, 0.05) is 28.6 Å². The molecular formula is C21H21NO2S2. The van der Waals surface area contributed by atoms with Crippen molar-refractivity contribution in [1.29, 1.82) is 0 Å². The Bertz CT molecular complexity index is 1070. The van der Waals surface area contributed by atoms with E-state index in [2.05, 4.69) is 24.8 Å². The van der Waals surface area contributed by atoms with Crippen LogP contribution in [-0.2, 0) is 16.4 Å². The number of nitrogens with zero attached hydrogens (tertiary/aromatic N) is 1. The fraction of sp³-hybridized carbons (Fsp3) is 0.238. The van der Waals surface area contributed by atoms with E-state index in [0.29, 0.717) is 18.0 Å². The average Bonchev–Trinajstić information content (AvgIpc) is 2.90. The van der Waals surface area contributed by atoms with Gasteiger partial charge in [-0.3, -0.25) is 0 Å². The van der Waals surface area contributed by atoms with Crippen molar-refractivity contribution in [3.63, 3.8) is 0 Å². The fourth-order valence-electron chi connectivity index (χ4n) is 3.56. The first-order chi connectivity index (χ1) is 12.5. The third-order valence-corrected chi connectivity index (χ3v) is 8.25. The summed E-state index contributed by atoms with van der Waals surface area (Å²) in [4.78, 5) is 1.61. The van der Waals surface area contributed by atoms with E-state index in [9.17, 15) is 8.42 Å². The molecule has 3 nitrogen and oxygen atoms in total. The summed E-state index contributed by atoms with van der Waals surface area (Å²) in [5.74, 6) is 0.0186. The van der Waals surface area contributed by atoms with E-state index in [4.69, 9.17) is 0 Å². The Morgan fingerprint density at radius 3 is 2.62 bits per heavy atom. The van der Waals surface area contributed by atoms with E-state index < -0.39 is 10.0 Å². The summed E-state index contributed by atoms with van der Waals surface area (Å²) in [6.45, 7) is 6.88. The summed E-state index contributed by atoms with van der Waals surface area (Å²) in [5, 5.41) is 1.24. The number of fused-ring (bicyclic) bond motifs is 3. The summed E-state index contributed by atoms with van der Waals surface area (Å²) in [5.41, 5.74) is 2.33. The molecule has 4 rings (SSSR count). The van der Waals surface area contributed by atoms with Crippen molar-refractivity contribution in [1.82, 2.24) is 4.31 Å². The lowest BCUT2D eigenvalue weighted by molar-refractivity contribution is 0.415. The second kappa shape index (κ2) is 6.65. The molecule has 0 saturated carbocycles. The first-order valence-corrected chi connectivity index (χ1v) is 11.0. The molecule has 1 atom stereocenters. The maximum atomic E-state index is 13.1. The predicted molar refractivity (Wildman–Crippen MR) is 108 cm³/mol. The summed E-state index contributed by atoms with van der Waals surface area (Å²) >= 11 is 1.76. The maximum absolute atomic E-state index is 13.1. The fourth-order valence-corrected chi connectivity index (χ4v) is 6.37. The van der Waals surface area contributed by atoms with Crippen molar-refractivity contribution in [3.8, 4) is 0 Å². The predicted octanol–water partition coefficient (Wildman–Crippen LogP) is 4.73. The second-order valence-corrected chi connectivity index (χ2v) is 9.73. The van der Waals surface area contributed by atoms with E-state index in [0.717, 1.165) is 12.0 Å². The van der Waals surface area contributed by atoms with Gasteiger partial charge in [-0.25, -0.2) is 8.42 Å². The van der Waals surface area contributed by atoms with Gasteiger partial charge in [0.2, 0.25) is 10.0 Å². The number of sulfonamides is 1. The van der Waals surface area contributed by atoms with Crippen LogP contribution in [0.15, 0.2) is 66.1 Å². The third kappa shape index (κ3) is 2.90. The second-order valence-electron chi connectivity index (χ2n) is 6.71. The zero-order valence-corrected chi connectivity index (χ0v) is 16.3. The van der Waals surface area contributed by atoms with Crippen LogP contribution in [0.3, 0.4) is 0 Å². The Hall–Kier alpha value is -1.95. The van der Waals surface area contributed by atoms with Crippen LogP contribution in [0, 0.1) is 6.92 Å².